The summed E-state index contributed by atoms with van der Waals surface area (Å²) in [5, 5.41) is 0. The lowest BCUT2D eigenvalue weighted by Crippen LogP contribution is -2.45. The number of thiol groups is 1. The molecule has 105 heavy (non-hydrogen) atoms. The molecule has 8 saturated heterocycles. The number of hydrogen-bond acceptors (Lipinski definition) is 26. The number of hydrogen-bond donors (Lipinski definition) is 1. The second-order valence-electron chi connectivity index (χ2n) is 24.9. The van der Waals surface area contributed by atoms with E-state index < -0.39 is 23.7 Å². The van der Waals surface area contributed by atoms with Gasteiger partial charge in [0.25, 0.3) is 11.8 Å². The second-order valence-corrected chi connectivity index (χ2v) is 24.9. The maximum Gasteiger partial charge on any atom is 0.422 e. The number of nitrogens with zero attached hydrogens (tertiary/aromatic N) is 1. The van der Waals surface area contributed by atoms with E-state index >= 15 is 0 Å². The Morgan fingerprint density at radius 2 is 1.17 bits per heavy atom. The zero-order valence-electron chi connectivity index (χ0n) is 67.3. The van der Waals surface area contributed by atoms with Gasteiger partial charge in [0.05, 0.1) is 157 Å². The Morgan fingerprint density at radius 3 is 1.30 bits per heavy atom. The lowest BCUT2D eigenvalue weighted by atomic mass is 9.84. The third kappa shape index (κ3) is 65.0. The topological polar surface area (TPSA) is 298 Å². The van der Waals surface area contributed by atoms with Gasteiger partial charge in [0.15, 0.2) is 0 Å². The molecule has 1 aliphatic carbocycles. The summed E-state index contributed by atoms with van der Waals surface area (Å²) in [6.07, 6.45) is 15.6. The van der Waals surface area contributed by atoms with Gasteiger partial charge < -0.3 is 90.0 Å². The maximum absolute atomic E-state index is 11.5. The van der Waals surface area contributed by atoms with Crippen molar-refractivity contribution >= 4 is 48.3 Å². The number of carbonyl (C=O) groups is 6. The van der Waals surface area contributed by atoms with Crippen LogP contribution in [-0.2, 0) is 119 Å². The van der Waals surface area contributed by atoms with Crippen molar-refractivity contribution in [2.24, 2.45) is 16.7 Å². The standard InChI is InChI=1S/C8H14O2.C7H14O2.C6H12O2.C6H8O2.C5H5F3O2.C5H5NO2.C5H10O2.C5H8O2.C5H10O.C4H8O2.C4H6O2.2C4H8O.2C3H6O.CH4S/c1-9-5-6-2-3-7-8(4-6)10-7;1-3-7(4-8-2)5-9-6-7;1-6(3-7-2)4-8-5-6;1-4-3-5(2)8-6(4)7;1-3(4(9)10-2)5(6,7)8;1-6-4(7)2-3-5(6)8;1-5(3-6-2)4-7-5;1-4(2)5(6)7-3;1-4-5(2,3)6-4;1-5-2-4-3-6-4;1-3-4(5)6-2;2*1-3-4-5-2;1-3-2-4-3;1-3-4-2;1-2/h6-8H,2-5H2,1H3;3-6H2,1-2H3;3-5H2,1-2H3;5H,1,3H2,2H3;1H2,2H3;2-3H,1H3;3-4H2,1-2H3;1H2,2-3H3;4H,1-3H3;4H,2-3H2,1H3;3H,1H2,2H3;3-4H,1-2H3;3H,1,4H2,2H3;3H,2H2,1H3;3H,1H2,2H3;2H,1H3/b;;;;;;;;;;;4-3+;;;;. The first-order valence-corrected chi connectivity index (χ1v) is 34.5. The molecule has 614 valence electrons. The Morgan fingerprint density at radius 1 is 0.695 bits per heavy atom. The molecule has 8 atom stereocenters. The Hall–Kier alpha value is -5.84. The maximum atomic E-state index is 11.5. The van der Waals surface area contributed by atoms with E-state index in [4.69, 9.17) is 61.6 Å². The van der Waals surface area contributed by atoms with Crippen molar-refractivity contribution in [1.82, 2.24) is 4.90 Å². The lowest BCUT2D eigenvalue weighted by molar-refractivity contribution is -0.148. The predicted octanol–water partition coefficient (Wildman–Crippen LogP) is 11.1. The zero-order chi connectivity index (χ0) is 82.4. The number of allylic oxidation sites excluding steroid dienone is 1. The highest BCUT2D eigenvalue weighted by Crippen LogP contribution is 2.39. The Kier molecular flexibility index (Phi) is 68.4. The number of cyclic esters (lactones) is 1. The van der Waals surface area contributed by atoms with Crippen molar-refractivity contribution in [3.8, 4) is 0 Å². The Labute approximate surface area is 631 Å². The fraction of sp³-hybridized carbons (Fsp3) is 0.707. The summed E-state index contributed by atoms with van der Waals surface area (Å²) in [5.41, 5.74) is 0.521. The van der Waals surface area contributed by atoms with E-state index in [-0.39, 0.29) is 41.1 Å². The zero-order valence-corrected chi connectivity index (χ0v) is 68.2. The van der Waals surface area contributed by atoms with E-state index in [9.17, 15) is 41.9 Å². The molecule has 30 heteroatoms. The third-order valence-corrected chi connectivity index (χ3v) is 14.2. The van der Waals surface area contributed by atoms with Gasteiger partial charge in [-0.1, -0.05) is 58.9 Å². The minimum absolute atomic E-state index is 0.0509. The first-order chi connectivity index (χ1) is 49.3. The predicted molar refractivity (Wildman–Crippen MR) is 400 cm³/mol. The summed E-state index contributed by atoms with van der Waals surface area (Å²) >= 11 is 3.53. The summed E-state index contributed by atoms with van der Waals surface area (Å²) < 4.78 is 125. The van der Waals surface area contributed by atoms with Gasteiger partial charge in [-0.3, -0.25) is 14.5 Å². The van der Waals surface area contributed by atoms with Crippen LogP contribution in [-0.4, -0.2) is 272 Å². The summed E-state index contributed by atoms with van der Waals surface area (Å²) in [6, 6.07) is 0. The molecule has 0 aromatic rings. The number of halogens is 3. The van der Waals surface area contributed by atoms with Gasteiger partial charge >= 0.3 is 30.1 Å². The average molecular weight is 1540 g/mol. The molecule has 0 radical (unpaired) electrons. The molecule has 1 saturated carbocycles. The molecular formula is C75H132F3NO25S. The molecule has 10 aliphatic rings. The monoisotopic (exact) mass is 1540 g/mol. The van der Waals surface area contributed by atoms with E-state index in [0.29, 0.717) is 65.5 Å². The SMILES string of the molecule is C/C=C/OC.C=C(C(=O)OC)C(F)(F)F.C=C(C)C(=O)OC.C=C1CC(C)OC1=O.C=CC(=O)OC.C=CCOC.C=COC.CC1CO1.CC1OC1(C)C.CCC1(COC)COC1.CN1C(=O)C=CC1=O.COCC1(C)CO1.COCC1(C)COC1.COCC1CCC2OC2C1.COCC1CO1.CS. The van der Waals surface area contributed by atoms with Gasteiger partial charge in [-0.25, -0.2) is 19.2 Å². The first-order valence-electron chi connectivity index (χ1n) is 33.6. The van der Waals surface area contributed by atoms with E-state index in [1.807, 2.05) is 26.8 Å². The van der Waals surface area contributed by atoms with E-state index in [1.54, 1.807) is 82.4 Å². The molecule has 9 aliphatic heterocycles. The van der Waals surface area contributed by atoms with Gasteiger partial charge in [-0.15, -0.1) is 6.58 Å². The molecule has 0 N–H and O–H groups in total. The fourth-order valence-corrected chi connectivity index (χ4v) is 7.19. The smallest absolute Gasteiger partial charge is 0.422 e. The van der Waals surface area contributed by atoms with Crippen LogP contribution in [0.1, 0.15) is 101 Å². The Balaban J connectivity index is -0.000000251. The molecule has 0 aromatic carbocycles. The van der Waals surface area contributed by atoms with Crippen molar-refractivity contribution < 1.29 is 132 Å². The summed E-state index contributed by atoms with van der Waals surface area (Å²) in [5.74, 6) is -2.14. The van der Waals surface area contributed by atoms with Crippen molar-refractivity contribution in [1.29, 1.82) is 0 Å². The molecule has 0 bridgehead atoms. The number of alkyl halides is 3. The number of amides is 2. The summed E-state index contributed by atoms with van der Waals surface area (Å²) in [7, 11) is 18.4. The van der Waals surface area contributed by atoms with Gasteiger partial charge in [-0.05, 0) is 93.2 Å². The molecule has 0 spiro atoms. The van der Waals surface area contributed by atoms with Gasteiger partial charge in [0.1, 0.15) is 23.4 Å². The highest BCUT2D eigenvalue weighted by molar-refractivity contribution is 7.79. The van der Waals surface area contributed by atoms with Crippen LogP contribution in [0.5, 0.6) is 0 Å². The minimum Gasteiger partial charge on any atom is -0.505 e. The number of rotatable bonds is 18. The van der Waals surface area contributed by atoms with Crippen LogP contribution in [0.25, 0.3) is 0 Å². The summed E-state index contributed by atoms with van der Waals surface area (Å²) in [6.45, 7) is 50.3. The van der Waals surface area contributed by atoms with Crippen LogP contribution in [0.15, 0.2) is 99.1 Å². The quantitative estimate of drug-likeness (QED) is 0.0195. The van der Waals surface area contributed by atoms with Crippen LogP contribution in [0, 0.1) is 16.7 Å². The lowest BCUT2D eigenvalue weighted by Gasteiger charge is -2.39. The van der Waals surface area contributed by atoms with Gasteiger partial charge in [0, 0.05) is 103 Å². The summed E-state index contributed by atoms with van der Waals surface area (Å²) in [4.78, 5) is 62.5. The van der Waals surface area contributed by atoms with Crippen molar-refractivity contribution in [3.63, 3.8) is 0 Å². The molecule has 2 amide bonds. The van der Waals surface area contributed by atoms with Crippen LogP contribution < -0.4 is 0 Å². The molecular weight excluding hydrogens is 1400 g/mol. The number of fused-ring (bicyclic) bond motifs is 1. The number of esters is 4. The van der Waals surface area contributed by atoms with Gasteiger partial charge in [0.2, 0.25) is 0 Å². The van der Waals surface area contributed by atoms with E-state index in [1.165, 1.54) is 65.4 Å². The van der Waals surface area contributed by atoms with Crippen molar-refractivity contribution in [2.75, 3.05) is 177 Å². The number of epoxide rings is 5. The highest BCUT2D eigenvalue weighted by Gasteiger charge is 2.45. The average Bonchev–Trinajstić information content (AvgIpc) is 1.80. The van der Waals surface area contributed by atoms with Crippen molar-refractivity contribution in [2.45, 2.75) is 155 Å². The third-order valence-electron chi connectivity index (χ3n) is 14.2. The van der Waals surface area contributed by atoms with Crippen LogP contribution in [0.2, 0.25) is 0 Å². The number of imide groups is 1. The first kappa shape index (κ1) is 110. The highest BCUT2D eigenvalue weighted by atomic mass is 32.1. The van der Waals surface area contributed by atoms with Crippen LogP contribution in [0.4, 0.5) is 13.2 Å². The van der Waals surface area contributed by atoms with Gasteiger partial charge in [-0.2, -0.15) is 25.8 Å². The van der Waals surface area contributed by atoms with E-state index in [2.05, 4.69) is 122 Å². The number of carbonyl (C=O) groups excluding carboxylic acids is 6. The number of ether oxygens (including phenoxy) is 19. The largest absolute Gasteiger partial charge is 0.505 e. The molecule has 9 heterocycles. The molecule has 9 fully saturated rings. The molecule has 8 unspecified atom stereocenters. The Bertz CT molecular complexity index is 2400. The fourth-order valence-electron chi connectivity index (χ4n) is 7.19. The van der Waals surface area contributed by atoms with Crippen LogP contribution in [0.3, 0.4) is 0 Å². The molecule has 10 rings (SSSR count). The normalized spacial score (nSPS) is 22.8. The van der Waals surface area contributed by atoms with E-state index in [0.717, 1.165) is 103 Å². The molecule has 0 aromatic heterocycles. The number of likely N-dealkylation sites (N-methyl/N-ethyl adjacent to an activating group) is 1. The second kappa shape index (κ2) is 65.3. The minimum atomic E-state index is -4.69. The molecule has 26 nitrogen and oxygen atoms in total. The van der Waals surface area contributed by atoms with Crippen LogP contribution >= 0.6 is 12.6 Å². The van der Waals surface area contributed by atoms with Crippen molar-refractivity contribution in [3.05, 3.63) is 99.1 Å². The number of methoxy groups -OCH3 is 11.